The maximum absolute atomic E-state index is 12.3. The Labute approximate surface area is 158 Å². The van der Waals surface area contributed by atoms with E-state index in [0.29, 0.717) is 17.8 Å². The van der Waals surface area contributed by atoms with Crippen molar-refractivity contribution in [2.75, 3.05) is 39.3 Å². The topological polar surface area (TPSA) is 52.7 Å². The molecule has 0 unspecified atom stereocenters. The van der Waals surface area contributed by atoms with Crippen LogP contribution in [0.5, 0.6) is 0 Å². The number of nitrogens with one attached hydrogen (secondary N) is 1. The van der Waals surface area contributed by atoms with E-state index in [1.165, 1.54) is 16.9 Å². The molecule has 1 N–H and O–H groups in total. The van der Waals surface area contributed by atoms with Crippen LogP contribution >= 0.6 is 11.3 Å². The van der Waals surface area contributed by atoms with Crippen LogP contribution < -0.4 is 5.32 Å². The first-order chi connectivity index (χ1) is 12.7. The molecule has 2 heterocycles. The van der Waals surface area contributed by atoms with Gasteiger partial charge in [-0.15, -0.1) is 11.3 Å². The standard InChI is InChI=1S/C20H25N3O2S/c24-19(8-10-21-20(25)18-7-4-16-26-18)23-14-12-22(13-15-23)11-9-17-5-2-1-3-6-17/h1-7,16H,8-15H2,(H,21,25). The van der Waals surface area contributed by atoms with Gasteiger partial charge in [0.2, 0.25) is 5.91 Å². The molecule has 1 aliphatic heterocycles. The summed E-state index contributed by atoms with van der Waals surface area (Å²) in [5.41, 5.74) is 1.35. The molecule has 0 spiro atoms. The van der Waals surface area contributed by atoms with Gasteiger partial charge >= 0.3 is 0 Å². The average Bonchev–Trinajstić information content (AvgIpc) is 3.22. The van der Waals surface area contributed by atoms with Crippen LogP contribution in [0.4, 0.5) is 0 Å². The highest BCUT2D eigenvalue weighted by atomic mass is 32.1. The lowest BCUT2D eigenvalue weighted by molar-refractivity contribution is -0.132. The molecule has 0 saturated carbocycles. The van der Waals surface area contributed by atoms with E-state index in [0.717, 1.165) is 39.1 Å². The second-order valence-corrected chi connectivity index (χ2v) is 7.39. The number of carbonyl (C=O) groups excluding carboxylic acids is 2. The van der Waals surface area contributed by atoms with Gasteiger partial charge < -0.3 is 10.2 Å². The number of rotatable bonds is 7. The first-order valence-electron chi connectivity index (χ1n) is 9.08. The summed E-state index contributed by atoms with van der Waals surface area (Å²) in [6.07, 6.45) is 1.41. The normalized spacial score (nSPS) is 15.0. The summed E-state index contributed by atoms with van der Waals surface area (Å²) < 4.78 is 0. The van der Waals surface area contributed by atoms with E-state index >= 15 is 0 Å². The highest BCUT2D eigenvalue weighted by molar-refractivity contribution is 7.12. The van der Waals surface area contributed by atoms with Crippen molar-refractivity contribution in [2.24, 2.45) is 0 Å². The van der Waals surface area contributed by atoms with Crippen molar-refractivity contribution in [3.63, 3.8) is 0 Å². The number of nitrogens with zero attached hydrogens (tertiary/aromatic N) is 2. The van der Waals surface area contributed by atoms with Crippen molar-refractivity contribution < 1.29 is 9.59 Å². The van der Waals surface area contributed by atoms with Crippen molar-refractivity contribution in [3.8, 4) is 0 Å². The quantitative estimate of drug-likeness (QED) is 0.812. The molecule has 26 heavy (non-hydrogen) atoms. The molecule has 1 saturated heterocycles. The van der Waals surface area contributed by atoms with E-state index in [1.54, 1.807) is 6.07 Å². The molecule has 0 radical (unpaired) electrons. The average molecular weight is 372 g/mol. The number of benzene rings is 1. The van der Waals surface area contributed by atoms with Gasteiger partial charge in [0.05, 0.1) is 4.88 Å². The summed E-state index contributed by atoms with van der Waals surface area (Å²) in [6.45, 7) is 4.80. The third-order valence-corrected chi connectivity index (χ3v) is 5.52. The van der Waals surface area contributed by atoms with Crippen LogP contribution in [0.2, 0.25) is 0 Å². The molecular formula is C20H25N3O2S. The van der Waals surface area contributed by atoms with Crippen molar-refractivity contribution >= 4 is 23.2 Å². The summed E-state index contributed by atoms with van der Waals surface area (Å²) >= 11 is 1.41. The fourth-order valence-electron chi connectivity index (χ4n) is 3.09. The van der Waals surface area contributed by atoms with Crippen molar-refractivity contribution in [1.29, 1.82) is 0 Å². The van der Waals surface area contributed by atoms with Gasteiger partial charge in [0.15, 0.2) is 0 Å². The Morgan fingerprint density at radius 1 is 1.00 bits per heavy atom. The van der Waals surface area contributed by atoms with E-state index in [-0.39, 0.29) is 11.8 Å². The molecule has 2 amide bonds. The Bertz CT molecular complexity index is 695. The predicted octanol–water partition coefficient (Wildman–Crippen LogP) is 2.25. The Morgan fingerprint density at radius 2 is 1.77 bits per heavy atom. The summed E-state index contributed by atoms with van der Waals surface area (Å²) in [5.74, 6) is 0.0257. The number of thiophene rings is 1. The van der Waals surface area contributed by atoms with Crippen molar-refractivity contribution in [3.05, 3.63) is 58.3 Å². The number of hydrogen-bond donors (Lipinski definition) is 1. The SMILES string of the molecule is O=C(NCCC(=O)N1CCN(CCc2ccccc2)CC1)c1cccs1. The fourth-order valence-corrected chi connectivity index (χ4v) is 3.73. The summed E-state index contributed by atoms with van der Waals surface area (Å²) in [6, 6.07) is 14.1. The Hall–Kier alpha value is -2.18. The van der Waals surface area contributed by atoms with Gasteiger partial charge in [-0.2, -0.15) is 0 Å². The molecule has 0 atom stereocenters. The van der Waals surface area contributed by atoms with Crippen LogP contribution in [0.3, 0.4) is 0 Å². The van der Waals surface area contributed by atoms with Crippen LogP contribution in [-0.2, 0) is 11.2 Å². The zero-order valence-corrected chi connectivity index (χ0v) is 15.7. The van der Waals surface area contributed by atoms with E-state index in [4.69, 9.17) is 0 Å². The minimum Gasteiger partial charge on any atom is -0.351 e. The predicted molar refractivity (Wildman–Crippen MR) is 104 cm³/mol. The molecular weight excluding hydrogens is 346 g/mol. The molecule has 3 rings (SSSR count). The van der Waals surface area contributed by atoms with Gasteiger partial charge in [-0.05, 0) is 23.4 Å². The second kappa shape index (κ2) is 9.50. The Morgan fingerprint density at radius 3 is 2.46 bits per heavy atom. The lowest BCUT2D eigenvalue weighted by Gasteiger charge is -2.34. The number of hydrogen-bond acceptors (Lipinski definition) is 4. The third kappa shape index (κ3) is 5.41. The first kappa shape index (κ1) is 18.6. The smallest absolute Gasteiger partial charge is 0.261 e. The van der Waals surface area contributed by atoms with Gasteiger partial charge in [0.25, 0.3) is 5.91 Å². The molecule has 1 aliphatic rings. The van der Waals surface area contributed by atoms with Crippen LogP contribution in [0.15, 0.2) is 47.8 Å². The molecule has 1 aromatic heterocycles. The summed E-state index contributed by atoms with van der Waals surface area (Å²) in [5, 5.41) is 4.69. The number of amides is 2. The maximum Gasteiger partial charge on any atom is 0.261 e. The Kier molecular flexibility index (Phi) is 6.80. The van der Waals surface area contributed by atoms with Crippen LogP contribution in [0.1, 0.15) is 21.7 Å². The van der Waals surface area contributed by atoms with Crippen molar-refractivity contribution in [1.82, 2.24) is 15.1 Å². The zero-order chi connectivity index (χ0) is 18.2. The minimum atomic E-state index is -0.0986. The molecule has 0 bridgehead atoms. The summed E-state index contributed by atoms with van der Waals surface area (Å²) in [4.78, 5) is 29.2. The van der Waals surface area contributed by atoms with Gasteiger partial charge in [0.1, 0.15) is 0 Å². The van der Waals surface area contributed by atoms with Gasteiger partial charge in [0, 0.05) is 45.7 Å². The highest BCUT2D eigenvalue weighted by Crippen LogP contribution is 2.09. The van der Waals surface area contributed by atoms with Crippen LogP contribution in [0, 0.1) is 0 Å². The van der Waals surface area contributed by atoms with E-state index in [9.17, 15) is 9.59 Å². The molecule has 1 aromatic carbocycles. The molecule has 138 valence electrons. The molecule has 1 fully saturated rings. The number of piperazine rings is 1. The van der Waals surface area contributed by atoms with Crippen LogP contribution in [0.25, 0.3) is 0 Å². The number of carbonyl (C=O) groups is 2. The second-order valence-electron chi connectivity index (χ2n) is 6.44. The summed E-state index contributed by atoms with van der Waals surface area (Å²) in [7, 11) is 0. The first-order valence-corrected chi connectivity index (χ1v) is 9.96. The largest absolute Gasteiger partial charge is 0.351 e. The highest BCUT2D eigenvalue weighted by Gasteiger charge is 2.20. The Balaban J connectivity index is 1.32. The molecule has 0 aliphatic carbocycles. The van der Waals surface area contributed by atoms with Gasteiger partial charge in [-0.3, -0.25) is 14.5 Å². The van der Waals surface area contributed by atoms with Gasteiger partial charge in [-0.1, -0.05) is 36.4 Å². The van der Waals surface area contributed by atoms with E-state index in [1.807, 2.05) is 22.4 Å². The van der Waals surface area contributed by atoms with Crippen molar-refractivity contribution in [2.45, 2.75) is 12.8 Å². The van der Waals surface area contributed by atoms with E-state index in [2.05, 4.69) is 34.5 Å². The fraction of sp³-hybridized carbons (Fsp3) is 0.400. The lowest BCUT2D eigenvalue weighted by atomic mass is 10.1. The molecule has 6 heteroatoms. The van der Waals surface area contributed by atoms with Gasteiger partial charge in [-0.25, -0.2) is 0 Å². The molecule has 5 nitrogen and oxygen atoms in total. The lowest BCUT2D eigenvalue weighted by Crippen LogP contribution is -2.49. The third-order valence-electron chi connectivity index (χ3n) is 4.65. The maximum atomic E-state index is 12.3. The molecule has 2 aromatic rings. The minimum absolute atomic E-state index is 0.0986. The van der Waals surface area contributed by atoms with Crippen LogP contribution in [-0.4, -0.2) is 60.9 Å². The zero-order valence-electron chi connectivity index (χ0n) is 14.9. The van der Waals surface area contributed by atoms with E-state index < -0.39 is 0 Å². The monoisotopic (exact) mass is 371 g/mol.